The predicted molar refractivity (Wildman–Crippen MR) is 46.1 cm³/mol. The van der Waals surface area contributed by atoms with Crippen molar-refractivity contribution in [2.24, 2.45) is 5.73 Å². The highest BCUT2D eigenvalue weighted by molar-refractivity contribution is 5.80. The molecular formula is C9H9F2NO2. The van der Waals surface area contributed by atoms with E-state index in [9.17, 15) is 13.6 Å². The van der Waals surface area contributed by atoms with Gasteiger partial charge in [-0.05, 0) is 12.1 Å². The highest BCUT2D eigenvalue weighted by Crippen LogP contribution is 2.17. The van der Waals surface area contributed by atoms with Crippen LogP contribution in [-0.2, 0) is 4.79 Å². The molecule has 0 aliphatic rings. The number of para-hydroxylation sites is 1. The Kier molecular flexibility index (Phi) is 3.14. The van der Waals surface area contributed by atoms with E-state index >= 15 is 0 Å². The molecule has 0 fully saturated rings. The first-order chi connectivity index (χ1) is 6.56. The maximum Gasteiger partial charge on any atom is 0.383 e. The van der Waals surface area contributed by atoms with E-state index < -0.39 is 18.4 Å². The van der Waals surface area contributed by atoms with Crippen LogP contribution in [0.25, 0.3) is 0 Å². The number of carbonyl (C=O) groups is 1. The third-order valence-corrected chi connectivity index (χ3v) is 1.51. The minimum Gasteiger partial charge on any atom is -0.422 e. The molecular weight excluding hydrogens is 192 g/mol. The zero-order valence-corrected chi connectivity index (χ0v) is 7.24. The lowest BCUT2D eigenvalue weighted by atomic mass is 10.3. The van der Waals surface area contributed by atoms with Gasteiger partial charge >= 0.3 is 11.9 Å². The molecule has 0 radical (unpaired) electrons. The number of halogens is 2. The van der Waals surface area contributed by atoms with Gasteiger partial charge in [-0.3, -0.25) is 0 Å². The number of hydrogen-bond acceptors (Lipinski definition) is 3. The lowest BCUT2D eigenvalue weighted by Crippen LogP contribution is -2.40. The Morgan fingerprint density at radius 1 is 1.36 bits per heavy atom. The lowest BCUT2D eigenvalue weighted by Gasteiger charge is -2.11. The van der Waals surface area contributed by atoms with Crippen molar-refractivity contribution in [1.82, 2.24) is 0 Å². The Labute approximate surface area is 79.5 Å². The Morgan fingerprint density at radius 3 is 2.43 bits per heavy atom. The fourth-order valence-electron chi connectivity index (χ4n) is 0.754. The van der Waals surface area contributed by atoms with Crippen LogP contribution in [0.5, 0.6) is 5.75 Å². The summed E-state index contributed by atoms with van der Waals surface area (Å²) in [7, 11) is 0. The fraction of sp³-hybridized carbons (Fsp3) is 0.222. The first kappa shape index (κ1) is 10.6. The second kappa shape index (κ2) is 4.15. The van der Waals surface area contributed by atoms with Crippen LogP contribution >= 0.6 is 0 Å². The van der Waals surface area contributed by atoms with Gasteiger partial charge in [0.1, 0.15) is 5.75 Å². The molecule has 5 heteroatoms. The molecule has 0 heterocycles. The van der Waals surface area contributed by atoms with Gasteiger partial charge in [-0.25, -0.2) is 4.79 Å². The molecule has 0 saturated carbocycles. The molecule has 1 aromatic carbocycles. The molecule has 0 aliphatic carbocycles. The molecule has 76 valence electrons. The zero-order valence-electron chi connectivity index (χ0n) is 7.24. The van der Waals surface area contributed by atoms with E-state index in [1.807, 2.05) is 0 Å². The average Bonchev–Trinajstić information content (AvgIpc) is 2.19. The van der Waals surface area contributed by atoms with E-state index in [0.717, 1.165) is 0 Å². The van der Waals surface area contributed by atoms with Crippen LogP contribution in [0.1, 0.15) is 0 Å². The summed E-state index contributed by atoms with van der Waals surface area (Å²) in [5, 5.41) is 0. The molecule has 3 nitrogen and oxygen atoms in total. The van der Waals surface area contributed by atoms with Crippen molar-refractivity contribution < 1.29 is 18.3 Å². The number of ether oxygens (including phenoxy) is 1. The monoisotopic (exact) mass is 201 g/mol. The van der Waals surface area contributed by atoms with E-state index in [4.69, 9.17) is 5.73 Å². The highest BCUT2D eigenvalue weighted by Gasteiger charge is 2.39. The molecule has 0 atom stereocenters. The molecule has 0 aliphatic heterocycles. The van der Waals surface area contributed by atoms with Crippen molar-refractivity contribution in [3.8, 4) is 5.75 Å². The second-order valence-electron chi connectivity index (χ2n) is 2.61. The number of benzene rings is 1. The highest BCUT2D eigenvalue weighted by atomic mass is 19.3. The number of nitrogens with two attached hydrogens (primary N) is 1. The Bertz CT molecular complexity index is 314. The molecule has 0 unspecified atom stereocenters. The van der Waals surface area contributed by atoms with Gasteiger partial charge in [0, 0.05) is 0 Å². The largest absolute Gasteiger partial charge is 0.422 e. The van der Waals surface area contributed by atoms with Crippen LogP contribution in [0.3, 0.4) is 0 Å². The van der Waals surface area contributed by atoms with E-state index in [-0.39, 0.29) is 5.75 Å². The van der Waals surface area contributed by atoms with E-state index in [0.29, 0.717) is 0 Å². The zero-order chi connectivity index (χ0) is 10.6. The van der Waals surface area contributed by atoms with Crippen molar-refractivity contribution in [3.63, 3.8) is 0 Å². The summed E-state index contributed by atoms with van der Waals surface area (Å²) in [6.45, 7) is -1.06. The molecule has 0 saturated heterocycles. The lowest BCUT2D eigenvalue weighted by molar-refractivity contribution is -0.159. The van der Waals surface area contributed by atoms with Crippen LogP contribution in [-0.4, -0.2) is 18.4 Å². The van der Waals surface area contributed by atoms with Crippen molar-refractivity contribution >= 4 is 5.97 Å². The van der Waals surface area contributed by atoms with E-state index in [1.54, 1.807) is 18.2 Å². The van der Waals surface area contributed by atoms with Crippen molar-refractivity contribution in [2.75, 3.05) is 6.54 Å². The maximum absolute atomic E-state index is 12.6. The first-order valence-electron chi connectivity index (χ1n) is 3.91. The summed E-state index contributed by atoms with van der Waals surface area (Å²) >= 11 is 0. The quantitative estimate of drug-likeness (QED) is 0.590. The van der Waals surface area contributed by atoms with Gasteiger partial charge in [-0.1, -0.05) is 18.2 Å². The number of rotatable bonds is 3. The third kappa shape index (κ3) is 2.50. The minimum atomic E-state index is -3.63. The summed E-state index contributed by atoms with van der Waals surface area (Å²) in [5.41, 5.74) is 4.71. The fourth-order valence-corrected chi connectivity index (χ4v) is 0.754. The third-order valence-electron chi connectivity index (χ3n) is 1.51. The van der Waals surface area contributed by atoms with E-state index in [2.05, 4.69) is 4.74 Å². The summed E-state index contributed by atoms with van der Waals surface area (Å²) in [5.74, 6) is -5.19. The van der Waals surface area contributed by atoms with Crippen LogP contribution in [0.15, 0.2) is 30.3 Å². The topological polar surface area (TPSA) is 52.3 Å². The van der Waals surface area contributed by atoms with Gasteiger partial charge in [0.05, 0.1) is 6.54 Å². The van der Waals surface area contributed by atoms with Gasteiger partial charge < -0.3 is 10.5 Å². The van der Waals surface area contributed by atoms with Crippen LogP contribution < -0.4 is 10.5 Å². The molecule has 0 spiro atoms. The van der Waals surface area contributed by atoms with Crippen LogP contribution in [0, 0.1) is 0 Å². The average molecular weight is 201 g/mol. The van der Waals surface area contributed by atoms with Gasteiger partial charge in [-0.15, -0.1) is 0 Å². The van der Waals surface area contributed by atoms with Crippen LogP contribution in [0.2, 0.25) is 0 Å². The van der Waals surface area contributed by atoms with Crippen molar-refractivity contribution in [2.45, 2.75) is 5.92 Å². The minimum absolute atomic E-state index is 0.0747. The molecule has 14 heavy (non-hydrogen) atoms. The summed E-state index contributed by atoms with van der Waals surface area (Å²) in [6.07, 6.45) is 0. The van der Waals surface area contributed by atoms with Gasteiger partial charge in [-0.2, -0.15) is 8.78 Å². The van der Waals surface area contributed by atoms with Gasteiger partial charge in [0.15, 0.2) is 0 Å². The number of hydrogen-bond donors (Lipinski definition) is 1. The number of esters is 1. The molecule has 1 aromatic rings. The molecule has 0 aromatic heterocycles. The van der Waals surface area contributed by atoms with E-state index in [1.165, 1.54) is 12.1 Å². The first-order valence-corrected chi connectivity index (χ1v) is 3.91. The van der Waals surface area contributed by atoms with Crippen molar-refractivity contribution in [1.29, 1.82) is 0 Å². The number of carbonyl (C=O) groups excluding carboxylic acids is 1. The van der Waals surface area contributed by atoms with Gasteiger partial charge in [0.2, 0.25) is 0 Å². The predicted octanol–water partition coefficient (Wildman–Crippen LogP) is 1.19. The maximum atomic E-state index is 12.6. The Hall–Kier alpha value is -1.49. The normalized spacial score (nSPS) is 11.1. The SMILES string of the molecule is NCC(F)(F)C(=O)Oc1ccccc1. The molecule has 1 rings (SSSR count). The summed E-state index contributed by atoms with van der Waals surface area (Å²) in [4.78, 5) is 10.8. The molecule has 0 bridgehead atoms. The molecule has 0 amide bonds. The smallest absolute Gasteiger partial charge is 0.383 e. The number of alkyl halides is 2. The Morgan fingerprint density at radius 2 is 1.93 bits per heavy atom. The summed E-state index contributed by atoms with van der Waals surface area (Å²) < 4.78 is 29.7. The Balaban J connectivity index is 2.67. The molecule has 2 N–H and O–H groups in total. The summed E-state index contributed by atoms with van der Waals surface area (Å²) in [6, 6.07) is 7.64. The second-order valence-corrected chi connectivity index (χ2v) is 2.61. The van der Waals surface area contributed by atoms with Crippen LogP contribution in [0.4, 0.5) is 8.78 Å². The van der Waals surface area contributed by atoms with Gasteiger partial charge in [0.25, 0.3) is 0 Å². The standard InChI is InChI=1S/C9H9F2NO2/c10-9(11,6-12)8(13)14-7-4-2-1-3-5-7/h1-5H,6,12H2. The van der Waals surface area contributed by atoms with Crippen molar-refractivity contribution in [3.05, 3.63) is 30.3 Å².